The van der Waals surface area contributed by atoms with Gasteiger partial charge < -0.3 is 14.8 Å². The average Bonchev–Trinajstić information content (AvgIpc) is 2.44. The molecule has 0 heterocycles. The second-order valence-corrected chi connectivity index (χ2v) is 6.00. The Kier molecular flexibility index (Phi) is 6.47. The Labute approximate surface area is 128 Å². The summed E-state index contributed by atoms with van der Waals surface area (Å²) in [5, 5.41) is 7.49. The fourth-order valence-electron chi connectivity index (χ4n) is 1.55. The Balaban J connectivity index is 2.72. The Morgan fingerprint density at radius 1 is 1.32 bits per heavy atom. The summed E-state index contributed by atoms with van der Waals surface area (Å²) in [5.41, 5.74) is 0.549. The number of carbonyl (C=O) groups is 2. The maximum atomic E-state index is 11.9. The van der Waals surface area contributed by atoms with Crippen molar-refractivity contribution in [2.75, 3.05) is 26.9 Å². The van der Waals surface area contributed by atoms with Crippen LogP contribution in [0.3, 0.4) is 0 Å². The number of carbonyl (C=O) groups excluding carboxylic acids is 2. The highest BCUT2D eigenvalue weighted by Gasteiger charge is 2.16. The lowest BCUT2D eigenvalue weighted by molar-refractivity contribution is -0.124. The first kappa shape index (κ1) is 18.1. The molecule has 0 unspecified atom stereocenters. The minimum Gasteiger partial charge on any atom is -0.452 e. The lowest BCUT2D eigenvalue weighted by Gasteiger charge is -2.09. The third-order valence-corrected chi connectivity index (χ3v) is 3.63. The van der Waals surface area contributed by atoms with Crippen molar-refractivity contribution in [2.45, 2.75) is 11.8 Å². The van der Waals surface area contributed by atoms with Crippen molar-refractivity contribution in [3.05, 3.63) is 29.3 Å². The summed E-state index contributed by atoms with van der Waals surface area (Å²) in [6, 6.07) is 3.85. The highest BCUT2D eigenvalue weighted by molar-refractivity contribution is 7.89. The number of ether oxygens (including phenoxy) is 2. The van der Waals surface area contributed by atoms with Crippen LogP contribution in [0.25, 0.3) is 0 Å². The van der Waals surface area contributed by atoms with E-state index in [0.717, 1.165) is 6.07 Å². The van der Waals surface area contributed by atoms with Crippen LogP contribution in [0.4, 0.5) is 0 Å². The summed E-state index contributed by atoms with van der Waals surface area (Å²) < 4.78 is 32.2. The summed E-state index contributed by atoms with van der Waals surface area (Å²) >= 11 is 0. The standard InChI is InChI=1S/C13H18N2O6S/c1-9-3-4-10(22(14,18)19)7-11(9)13(17)21-8-12(16)15-5-6-20-2/h3-4,7H,5-6,8H2,1-2H3,(H,15,16)(H2,14,18,19). The van der Waals surface area contributed by atoms with Gasteiger partial charge in [0.1, 0.15) is 0 Å². The Hall–Kier alpha value is -1.97. The normalized spacial score (nSPS) is 11.0. The number of aryl methyl sites for hydroxylation is 1. The predicted octanol–water partition coefficient (Wildman–Crippen LogP) is -0.438. The monoisotopic (exact) mass is 330 g/mol. The number of primary sulfonamides is 1. The molecule has 0 spiro atoms. The van der Waals surface area contributed by atoms with Crippen LogP contribution in [0.5, 0.6) is 0 Å². The molecule has 0 saturated heterocycles. The minimum absolute atomic E-state index is 0.0382. The fraction of sp³-hybridized carbons (Fsp3) is 0.385. The van der Waals surface area contributed by atoms with Crippen LogP contribution in [0.15, 0.2) is 23.1 Å². The number of benzene rings is 1. The molecular formula is C13H18N2O6S. The lowest BCUT2D eigenvalue weighted by Crippen LogP contribution is -2.31. The van der Waals surface area contributed by atoms with E-state index in [1.54, 1.807) is 6.92 Å². The molecule has 9 heteroatoms. The third-order valence-electron chi connectivity index (χ3n) is 2.72. The molecule has 0 bridgehead atoms. The van der Waals surface area contributed by atoms with E-state index in [2.05, 4.69) is 5.32 Å². The molecule has 0 aliphatic heterocycles. The number of sulfonamides is 1. The molecule has 0 aliphatic carbocycles. The summed E-state index contributed by atoms with van der Waals surface area (Å²) in [5.74, 6) is -1.28. The fourth-order valence-corrected chi connectivity index (χ4v) is 2.09. The van der Waals surface area contributed by atoms with Crippen molar-refractivity contribution in [2.24, 2.45) is 5.14 Å². The molecule has 0 fully saturated rings. The second kappa shape index (κ2) is 7.87. The molecule has 1 aromatic rings. The molecule has 0 atom stereocenters. The third kappa shape index (κ3) is 5.43. The van der Waals surface area contributed by atoms with Crippen LogP contribution in [0.2, 0.25) is 0 Å². The molecule has 0 aromatic heterocycles. The van der Waals surface area contributed by atoms with E-state index in [9.17, 15) is 18.0 Å². The zero-order chi connectivity index (χ0) is 16.8. The lowest BCUT2D eigenvalue weighted by atomic mass is 10.1. The first-order valence-electron chi connectivity index (χ1n) is 6.32. The SMILES string of the molecule is COCCNC(=O)COC(=O)c1cc(S(N)(=O)=O)ccc1C. The first-order chi connectivity index (χ1) is 10.3. The number of methoxy groups -OCH3 is 1. The molecule has 1 aromatic carbocycles. The van der Waals surface area contributed by atoms with Crippen molar-refractivity contribution in [3.63, 3.8) is 0 Å². The average molecular weight is 330 g/mol. The van der Waals surface area contributed by atoms with Gasteiger partial charge in [-0.3, -0.25) is 4.79 Å². The predicted molar refractivity (Wildman–Crippen MR) is 77.7 cm³/mol. The number of nitrogens with two attached hydrogens (primary N) is 1. The minimum atomic E-state index is -3.92. The molecule has 3 N–H and O–H groups in total. The van der Waals surface area contributed by atoms with Gasteiger partial charge in [-0.05, 0) is 24.6 Å². The van der Waals surface area contributed by atoms with E-state index in [-0.39, 0.29) is 10.5 Å². The van der Waals surface area contributed by atoms with Gasteiger partial charge in [-0.1, -0.05) is 6.07 Å². The maximum absolute atomic E-state index is 11.9. The Bertz CT molecular complexity index is 656. The number of amides is 1. The smallest absolute Gasteiger partial charge is 0.338 e. The van der Waals surface area contributed by atoms with E-state index in [4.69, 9.17) is 14.6 Å². The number of hydrogen-bond donors (Lipinski definition) is 2. The molecule has 0 aliphatic rings. The van der Waals surface area contributed by atoms with Gasteiger partial charge in [-0.25, -0.2) is 18.4 Å². The van der Waals surface area contributed by atoms with E-state index >= 15 is 0 Å². The van der Waals surface area contributed by atoms with E-state index in [1.807, 2.05) is 0 Å². The van der Waals surface area contributed by atoms with Crippen molar-refractivity contribution in [1.29, 1.82) is 0 Å². The van der Waals surface area contributed by atoms with E-state index in [0.29, 0.717) is 18.7 Å². The van der Waals surface area contributed by atoms with Gasteiger partial charge in [0, 0.05) is 13.7 Å². The summed E-state index contributed by atoms with van der Waals surface area (Å²) in [4.78, 5) is 23.1. The summed E-state index contributed by atoms with van der Waals surface area (Å²) in [7, 11) is -2.43. The van der Waals surface area contributed by atoms with E-state index in [1.165, 1.54) is 19.2 Å². The summed E-state index contributed by atoms with van der Waals surface area (Å²) in [6.07, 6.45) is 0. The number of esters is 1. The number of rotatable bonds is 7. The van der Waals surface area contributed by atoms with Gasteiger partial charge in [0.15, 0.2) is 6.61 Å². The summed E-state index contributed by atoms with van der Waals surface area (Å²) in [6.45, 7) is 1.78. The van der Waals surface area contributed by atoms with Gasteiger partial charge in [0.05, 0.1) is 17.1 Å². The van der Waals surface area contributed by atoms with Crippen LogP contribution in [-0.4, -0.2) is 47.2 Å². The molecule has 0 saturated carbocycles. The van der Waals surface area contributed by atoms with Crippen LogP contribution in [0.1, 0.15) is 15.9 Å². The van der Waals surface area contributed by atoms with Crippen LogP contribution >= 0.6 is 0 Å². The zero-order valence-corrected chi connectivity index (χ0v) is 13.1. The van der Waals surface area contributed by atoms with Crippen LogP contribution in [0, 0.1) is 6.92 Å². The Morgan fingerprint density at radius 3 is 2.59 bits per heavy atom. The zero-order valence-electron chi connectivity index (χ0n) is 12.3. The van der Waals surface area contributed by atoms with Crippen molar-refractivity contribution in [3.8, 4) is 0 Å². The van der Waals surface area contributed by atoms with Gasteiger partial charge in [0.25, 0.3) is 5.91 Å². The van der Waals surface area contributed by atoms with Crippen molar-refractivity contribution >= 4 is 21.9 Å². The molecule has 22 heavy (non-hydrogen) atoms. The number of nitrogens with one attached hydrogen (secondary N) is 1. The molecular weight excluding hydrogens is 312 g/mol. The van der Waals surface area contributed by atoms with Crippen molar-refractivity contribution < 1.29 is 27.5 Å². The second-order valence-electron chi connectivity index (χ2n) is 4.44. The topological polar surface area (TPSA) is 125 Å². The maximum Gasteiger partial charge on any atom is 0.338 e. The molecule has 0 radical (unpaired) electrons. The molecule has 1 amide bonds. The van der Waals surface area contributed by atoms with Crippen LogP contribution in [-0.2, 0) is 24.3 Å². The highest BCUT2D eigenvalue weighted by Crippen LogP contribution is 2.15. The van der Waals surface area contributed by atoms with Crippen molar-refractivity contribution in [1.82, 2.24) is 5.32 Å². The van der Waals surface area contributed by atoms with Gasteiger partial charge in [-0.2, -0.15) is 0 Å². The molecule has 122 valence electrons. The van der Waals surface area contributed by atoms with Crippen LogP contribution < -0.4 is 10.5 Å². The molecule has 8 nitrogen and oxygen atoms in total. The largest absolute Gasteiger partial charge is 0.452 e. The Morgan fingerprint density at radius 2 is 2.00 bits per heavy atom. The number of hydrogen-bond acceptors (Lipinski definition) is 6. The highest BCUT2D eigenvalue weighted by atomic mass is 32.2. The van der Waals surface area contributed by atoms with E-state index < -0.39 is 28.5 Å². The quantitative estimate of drug-likeness (QED) is 0.516. The van der Waals surface area contributed by atoms with Gasteiger partial charge >= 0.3 is 5.97 Å². The van der Waals surface area contributed by atoms with Gasteiger partial charge in [-0.15, -0.1) is 0 Å². The first-order valence-corrected chi connectivity index (χ1v) is 7.86. The molecule has 1 rings (SSSR count). The van der Waals surface area contributed by atoms with Gasteiger partial charge in [0.2, 0.25) is 10.0 Å².